The van der Waals surface area contributed by atoms with Crippen molar-refractivity contribution in [1.29, 1.82) is 0 Å². The minimum absolute atomic E-state index is 0. The van der Waals surface area contributed by atoms with Crippen molar-refractivity contribution in [2.24, 2.45) is 0 Å². The summed E-state index contributed by atoms with van der Waals surface area (Å²) in [5, 5.41) is 0. The molecule has 0 amide bonds. The molecular formula is C9H11NaO5S. The number of methoxy groups -OCH3 is 1. The van der Waals surface area contributed by atoms with Crippen LogP contribution < -0.4 is 34.3 Å². The van der Waals surface area contributed by atoms with E-state index >= 15 is 0 Å². The van der Waals surface area contributed by atoms with E-state index in [1.54, 1.807) is 7.11 Å². The van der Waals surface area contributed by atoms with Crippen LogP contribution in [0.1, 0.15) is 0 Å². The van der Waals surface area contributed by atoms with Crippen molar-refractivity contribution in [2.45, 2.75) is 4.90 Å². The third-order valence-corrected chi connectivity index (χ3v) is 2.52. The van der Waals surface area contributed by atoms with Crippen LogP contribution in [-0.2, 0) is 14.9 Å². The first kappa shape index (κ1) is 15.9. The van der Waals surface area contributed by atoms with Crippen LogP contribution in [0.3, 0.4) is 0 Å². The average molecular weight is 254 g/mol. The fourth-order valence-electron chi connectivity index (χ4n) is 0.945. The van der Waals surface area contributed by atoms with Crippen LogP contribution in [0.2, 0.25) is 0 Å². The standard InChI is InChI=1S/C9H12O5S.Na/c1-13-6-7-14-8-2-4-9(5-3-8)15(10,11)12;/h2-5H,6-7H2,1H3,(H,10,11,12);/q;+1/p-1. The molecule has 1 aromatic carbocycles. The smallest absolute Gasteiger partial charge is 0.744 e. The van der Waals surface area contributed by atoms with Crippen molar-refractivity contribution in [3.05, 3.63) is 24.3 Å². The molecule has 0 spiro atoms. The molecule has 0 heterocycles. The minimum Gasteiger partial charge on any atom is -0.744 e. The quantitative estimate of drug-likeness (QED) is 0.333. The summed E-state index contributed by atoms with van der Waals surface area (Å²) in [5.74, 6) is 0.499. The summed E-state index contributed by atoms with van der Waals surface area (Å²) < 4.78 is 41.7. The maximum atomic E-state index is 10.6. The van der Waals surface area contributed by atoms with Crippen LogP contribution in [0.5, 0.6) is 5.75 Å². The molecule has 0 unspecified atom stereocenters. The number of hydrogen-bond acceptors (Lipinski definition) is 5. The Morgan fingerprint density at radius 2 is 1.75 bits per heavy atom. The van der Waals surface area contributed by atoms with Crippen molar-refractivity contribution < 1.29 is 52.0 Å². The summed E-state index contributed by atoms with van der Waals surface area (Å²) >= 11 is 0. The van der Waals surface area contributed by atoms with Gasteiger partial charge in [0.05, 0.1) is 11.5 Å². The van der Waals surface area contributed by atoms with E-state index in [4.69, 9.17) is 9.47 Å². The Labute approximate surface area is 117 Å². The molecule has 0 saturated carbocycles. The number of ether oxygens (including phenoxy) is 2. The van der Waals surface area contributed by atoms with E-state index in [-0.39, 0.29) is 34.5 Å². The Hall–Kier alpha value is -0.110. The van der Waals surface area contributed by atoms with Gasteiger partial charge in [-0.3, -0.25) is 0 Å². The predicted octanol–water partition coefficient (Wildman–Crippen LogP) is -2.38. The van der Waals surface area contributed by atoms with Gasteiger partial charge in [0.25, 0.3) is 0 Å². The SMILES string of the molecule is COCCOc1ccc(S(=O)(=O)[O-])cc1.[Na+]. The van der Waals surface area contributed by atoms with Crippen molar-refractivity contribution in [3.8, 4) is 5.75 Å². The Balaban J connectivity index is 0.00000225. The molecule has 0 N–H and O–H groups in total. The van der Waals surface area contributed by atoms with E-state index in [1.807, 2.05) is 0 Å². The molecule has 1 rings (SSSR count). The predicted molar refractivity (Wildman–Crippen MR) is 51.8 cm³/mol. The fraction of sp³-hybridized carbons (Fsp3) is 0.333. The number of rotatable bonds is 5. The van der Waals surface area contributed by atoms with Gasteiger partial charge in [0, 0.05) is 7.11 Å². The van der Waals surface area contributed by atoms with Crippen molar-refractivity contribution >= 4 is 10.1 Å². The van der Waals surface area contributed by atoms with Gasteiger partial charge in [-0.1, -0.05) is 0 Å². The van der Waals surface area contributed by atoms with Gasteiger partial charge in [0.1, 0.15) is 22.5 Å². The zero-order chi connectivity index (χ0) is 11.3. The monoisotopic (exact) mass is 254 g/mol. The summed E-state index contributed by atoms with van der Waals surface area (Å²) in [5.41, 5.74) is 0. The van der Waals surface area contributed by atoms with Gasteiger partial charge in [0.2, 0.25) is 0 Å². The van der Waals surface area contributed by atoms with E-state index in [1.165, 1.54) is 24.3 Å². The third kappa shape index (κ3) is 5.29. The van der Waals surface area contributed by atoms with E-state index in [9.17, 15) is 13.0 Å². The molecule has 0 radical (unpaired) electrons. The normalized spacial score (nSPS) is 10.6. The van der Waals surface area contributed by atoms with Gasteiger partial charge in [-0.2, -0.15) is 0 Å². The van der Waals surface area contributed by atoms with E-state index in [2.05, 4.69) is 0 Å². The topological polar surface area (TPSA) is 75.7 Å². The van der Waals surface area contributed by atoms with Crippen LogP contribution in [-0.4, -0.2) is 33.3 Å². The number of hydrogen-bond donors (Lipinski definition) is 0. The van der Waals surface area contributed by atoms with E-state index < -0.39 is 10.1 Å². The van der Waals surface area contributed by atoms with Crippen LogP contribution in [0.4, 0.5) is 0 Å². The summed E-state index contributed by atoms with van der Waals surface area (Å²) in [7, 11) is -2.82. The zero-order valence-corrected chi connectivity index (χ0v) is 12.0. The Morgan fingerprint density at radius 3 is 2.19 bits per heavy atom. The summed E-state index contributed by atoms with van der Waals surface area (Å²) in [6.45, 7) is 0.821. The minimum atomic E-state index is -4.37. The first-order chi connectivity index (χ1) is 7.04. The second-order valence-electron chi connectivity index (χ2n) is 2.77. The molecule has 84 valence electrons. The van der Waals surface area contributed by atoms with Crippen LogP contribution >= 0.6 is 0 Å². The first-order valence-electron chi connectivity index (χ1n) is 4.22. The summed E-state index contributed by atoms with van der Waals surface area (Å²) in [4.78, 5) is -0.262. The van der Waals surface area contributed by atoms with Gasteiger partial charge in [-0.25, -0.2) is 8.42 Å². The summed E-state index contributed by atoms with van der Waals surface area (Å²) in [6.07, 6.45) is 0. The molecule has 16 heavy (non-hydrogen) atoms. The molecule has 5 nitrogen and oxygen atoms in total. The second-order valence-corrected chi connectivity index (χ2v) is 4.15. The van der Waals surface area contributed by atoms with Crippen molar-refractivity contribution in [1.82, 2.24) is 0 Å². The molecule has 0 saturated heterocycles. The molecule has 0 aliphatic rings. The van der Waals surface area contributed by atoms with Crippen LogP contribution in [0.25, 0.3) is 0 Å². The van der Waals surface area contributed by atoms with Crippen molar-refractivity contribution in [2.75, 3.05) is 20.3 Å². The third-order valence-electron chi connectivity index (χ3n) is 1.67. The average Bonchev–Trinajstić information content (AvgIpc) is 2.18. The van der Waals surface area contributed by atoms with Gasteiger partial charge in [0.15, 0.2) is 0 Å². The Bertz CT molecular complexity index is 400. The molecule has 0 fully saturated rings. The molecular weight excluding hydrogens is 243 g/mol. The van der Waals surface area contributed by atoms with Gasteiger partial charge < -0.3 is 14.0 Å². The maximum absolute atomic E-state index is 10.6. The fourth-order valence-corrected chi connectivity index (χ4v) is 1.41. The molecule has 0 aliphatic carbocycles. The van der Waals surface area contributed by atoms with E-state index in [0.29, 0.717) is 19.0 Å². The molecule has 0 atom stereocenters. The Kier molecular flexibility index (Phi) is 7.21. The second kappa shape index (κ2) is 7.26. The molecule has 0 bridgehead atoms. The van der Waals surface area contributed by atoms with E-state index in [0.717, 1.165) is 0 Å². The molecule has 1 aromatic rings. The Morgan fingerprint density at radius 1 is 1.19 bits per heavy atom. The summed E-state index contributed by atoms with van der Waals surface area (Å²) in [6, 6.07) is 5.29. The maximum Gasteiger partial charge on any atom is 1.00 e. The zero-order valence-electron chi connectivity index (χ0n) is 9.17. The molecule has 0 aromatic heterocycles. The number of benzene rings is 1. The van der Waals surface area contributed by atoms with Gasteiger partial charge >= 0.3 is 29.6 Å². The molecule has 7 heteroatoms. The largest absolute Gasteiger partial charge is 1.00 e. The van der Waals surface area contributed by atoms with Crippen LogP contribution in [0, 0.1) is 0 Å². The molecule has 0 aliphatic heterocycles. The van der Waals surface area contributed by atoms with Crippen molar-refractivity contribution in [3.63, 3.8) is 0 Å². The first-order valence-corrected chi connectivity index (χ1v) is 5.62. The van der Waals surface area contributed by atoms with Gasteiger partial charge in [-0.15, -0.1) is 0 Å². The van der Waals surface area contributed by atoms with Gasteiger partial charge in [-0.05, 0) is 24.3 Å². The van der Waals surface area contributed by atoms with Crippen LogP contribution in [0.15, 0.2) is 29.2 Å².